The number of aromatic nitrogens is 1. The van der Waals surface area contributed by atoms with Crippen LogP contribution in [0, 0.1) is 0 Å². The molecule has 1 aromatic heterocycles. The Kier molecular flexibility index (Phi) is 3.28. The molecule has 3 heteroatoms. The highest BCUT2D eigenvalue weighted by Crippen LogP contribution is 2.34. The van der Waals surface area contributed by atoms with Crippen LogP contribution in [0.5, 0.6) is 0 Å². The minimum atomic E-state index is -0.774. The fraction of sp³-hybridized carbons (Fsp3) is 0.438. The van der Waals surface area contributed by atoms with Crippen LogP contribution in [0.3, 0.4) is 0 Å². The lowest BCUT2D eigenvalue weighted by Gasteiger charge is -2.22. The molecule has 3 nitrogen and oxygen atoms in total. The Bertz CT molecular complexity index is 594. The van der Waals surface area contributed by atoms with E-state index in [2.05, 4.69) is 23.2 Å². The molecule has 100 valence electrons. The monoisotopic (exact) mass is 257 g/mol. The van der Waals surface area contributed by atoms with Gasteiger partial charge >= 0.3 is 5.97 Å². The maximum atomic E-state index is 10.9. The van der Waals surface area contributed by atoms with Crippen LogP contribution >= 0.6 is 0 Å². The number of carboxylic acids is 1. The Hall–Kier alpha value is -1.77. The fourth-order valence-corrected chi connectivity index (χ4v) is 3.20. The van der Waals surface area contributed by atoms with E-state index in [0.29, 0.717) is 5.92 Å². The van der Waals surface area contributed by atoms with Crippen molar-refractivity contribution < 1.29 is 9.90 Å². The van der Waals surface area contributed by atoms with Crippen LogP contribution in [0.4, 0.5) is 0 Å². The molecule has 0 spiro atoms. The number of rotatable bonds is 3. The highest BCUT2D eigenvalue weighted by Gasteiger charge is 2.16. The van der Waals surface area contributed by atoms with Crippen LogP contribution in [0.15, 0.2) is 24.4 Å². The number of nitrogens with one attached hydrogen (secondary N) is 1. The summed E-state index contributed by atoms with van der Waals surface area (Å²) in [6.07, 6.45) is 8.44. The van der Waals surface area contributed by atoms with E-state index in [1.165, 1.54) is 37.7 Å². The number of hydrogen-bond acceptors (Lipinski definition) is 1. The minimum Gasteiger partial charge on any atom is -0.481 e. The van der Waals surface area contributed by atoms with Crippen molar-refractivity contribution in [2.24, 2.45) is 0 Å². The molecule has 0 saturated heterocycles. The number of carboxylic acid groups (broad SMARTS) is 1. The van der Waals surface area contributed by atoms with Gasteiger partial charge in [-0.05, 0) is 42.0 Å². The molecule has 0 unspecified atom stereocenters. The van der Waals surface area contributed by atoms with Crippen LogP contribution in [0.2, 0.25) is 0 Å². The summed E-state index contributed by atoms with van der Waals surface area (Å²) >= 11 is 0. The quantitative estimate of drug-likeness (QED) is 0.877. The van der Waals surface area contributed by atoms with Gasteiger partial charge < -0.3 is 10.1 Å². The average Bonchev–Trinajstić information content (AvgIpc) is 2.82. The van der Waals surface area contributed by atoms with Crippen LogP contribution in [-0.2, 0) is 11.2 Å². The summed E-state index contributed by atoms with van der Waals surface area (Å²) in [7, 11) is 0. The van der Waals surface area contributed by atoms with Crippen LogP contribution in [-0.4, -0.2) is 16.1 Å². The predicted octanol–water partition coefficient (Wildman–Crippen LogP) is 3.84. The number of H-pyrrole nitrogens is 1. The van der Waals surface area contributed by atoms with Gasteiger partial charge in [0.15, 0.2) is 0 Å². The van der Waals surface area contributed by atoms with E-state index in [9.17, 15) is 4.79 Å². The molecule has 0 amide bonds. The summed E-state index contributed by atoms with van der Waals surface area (Å²) in [5, 5.41) is 10.0. The molecule has 0 aliphatic heterocycles. The van der Waals surface area contributed by atoms with Crippen LogP contribution in [0.1, 0.15) is 49.1 Å². The van der Waals surface area contributed by atoms with E-state index in [0.717, 1.165) is 16.5 Å². The Morgan fingerprint density at radius 3 is 2.79 bits per heavy atom. The summed E-state index contributed by atoms with van der Waals surface area (Å²) in [5.41, 5.74) is 3.30. The maximum Gasteiger partial charge on any atom is 0.307 e. The van der Waals surface area contributed by atoms with E-state index < -0.39 is 5.97 Å². The SMILES string of the molecule is O=C(O)Cc1c[nH]c2ccc(C3CCCCC3)cc12. The molecule has 1 fully saturated rings. The number of fused-ring (bicyclic) bond motifs is 1. The molecule has 2 N–H and O–H groups in total. The highest BCUT2D eigenvalue weighted by atomic mass is 16.4. The lowest BCUT2D eigenvalue weighted by molar-refractivity contribution is -0.136. The zero-order chi connectivity index (χ0) is 13.2. The van der Waals surface area contributed by atoms with Crippen molar-refractivity contribution in [1.29, 1.82) is 0 Å². The number of benzene rings is 1. The van der Waals surface area contributed by atoms with Gasteiger partial charge in [0.1, 0.15) is 0 Å². The van der Waals surface area contributed by atoms with E-state index >= 15 is 0 Å². The summed E-state index contributed by atoms with van der Waals surface area (Å²) in [5.74, 6) is -0.116. The first-order valence-electron chi connectivity index (χ1n) is 7.06. The largest absolute Gasteiger partial charge is 0.481 e. The summed E-state index contributed by atoms with van der Waals surface area (Å²) in [6.45, 7) is 0. The molecule has 3 rings (SSSR count). The summed E-state index contributed by atoms with van der Waals surface area (Å²) in [6, 6.07) is 6.48. The van der Waals surface area contributed by atoms with Crippen LogP contribution < -0.4 is 0 Å². The zero-order valence-corrected chi connectivity index (χ0v) is 11.0. The molecule has 19 heavy (non-hydrogen) atoms. The summed E-state index contributed by atoms with van der Waals surface area (Å²) < 4.78 is 0. The van der Waals surface area contributed by atoms with Crippen molar-refractivity contribution in [3.63, 3.8) is 0 Å². The predicted molar refractivity (Wildman–Crippen MR) is 75.5 cm³/mol. The summed E-state index contributed by atoms with van der Waals surface area (Å²) in [4.78, 5) is 14.0. The molecular formula is C16H19NO2. The van der Waals surface area contributed by atoms with Gasteiger partial charge in [0.25, 0.3) is 0 Å². The van der Waals surface area contributed by atoms with Crippen molar-refractivity contribution in [3.05, 3.63) is 35.5 Å². The van der Waals surface area contributed by atoms with Crippen molar-refractivity contribution in [1.82, 2.24) is 4.98 Å². The van der Waals surface area contributed by atoms with Gasteiger partial charge in [-0.2, -0.15) is 0 Å². The third kappa shape index (κ3) is 2.50. The minimum absolute atomic E-state index is 0.0914. The van der Waals surface area contributed by atoms with Gasteiger partial charge in [-0.1, -0.05) is 25.3 Å². The van der Waals surface area contributed by atoms with Crippen LogP contribution in [0.25, 0.3) is 10.9 Å². The van der Waals surface area contributed by atoms with E-state index in [1.54, 1.807) is 0 Å². The van der Waals surface area contributed by atoms with Gasteiger partial charge in [-0.15, -0.1) is 0 Å². The van der Waals surface area contributed by atoms with Crippen molar-refractivity contribution >= 4 is 16.9 Å². The molecule has 2 aromatic rings. The third-order valence-corrected chi connectivity index (χ3v) is 4.21. The molecule has 0 atom stereocenters. The van der Waals surface area contributed by atoms with E-state index in [4.69, 9.17) is 5.11 Å². The second-order valence-electron chi connectivity index (χ2n) is 5.52. The lowest BCUT2D eigenvalue weighted by atomic mass is 9.83. The smallest absolute Gasteiger partial charge is 0.307 e. The van der Waals surface area contributed by atoms with Crippen molar-refractivity contribution in [2.45, 2.75) is 44.4 Å². The van der Waals surface area contributed by atoms with Gasteiger partial charge in [0, 0.05) is 17.1 Å². The Labute approximate surface area is 112 Å². The van der Waals surface area contributed by atoms with Gasteiger partial charge in [-0.3, -0.25) is 4.79 Å². The third-order valence-electron chi connectivity index (χ3n) is 4.21. The van der Waals surface area contributed by atoms with Crippen molar-refractivity contribution in [3.8, 4) is 0 Å². The molecule has 1 aromatic carbocycles. The first-order chi connectivity index (χ1) is 9.24. The number of aromatic amines is 1. The van der Waals surface area contributed by atoms with Gasteiger partial charge in [0.2, 0.25) is 0 Å². The second kappa shape index (κ2) is 5.08. The highest BCUT2D eigenvalue weighted by molar-refractivity contribution is 5.87. The lowest BCUT2D eigenvalue weighted by Crippen LogP contribution is -2.04. The Morgan fingerprint density at radius 2 is 2.05 bits per heavy atom. The zero-order valence-electron chi connectivity index (χ0n) is 11.0. The van der Waals surface area contributed by atoms with Gasteiger partial charge in [-0.25, -0.2) is 0 Å². The first kappa shape index (κ1) is 12.3. The molecular weight excluding hydrogens is 238 g/mol. The second-order valence-corrected chi connectivity index (χ2v) is 5.52. The number of carbonyl (C=O) groups is 1. The topological polar surface area (TPSA) is 53.1 Å². The molecule has 1 aliphatic rings. The fourth-order valence-electron chi connectivity index (χ4n) is 3.20. The Morgan fingerprint density at radius 1 is 1.26 bits per heavy atom. The molecule has 1 aliphatic carbocycles. The molecule has 0 radical (unpaired) electrons. The molecule has 0 bridgehead atoms. The number of aliphatic carboxylic acids is 1. The first-order valence-corrected chi connectivity index (χ1v) is 7.06. The molecule has 1 saturated carbocycles. The van der Waals surface area contributed by atoms with E-state index in [-0.39, 0.29) is 6.42 Å². The molecule has 1 heterocycles. The van der Waals surface area contributed by atoms with Crippen molar-refractivity contribution in [2.75, 3.05) is 0 Å². The standard InChI is InChI=1S/C16H19NO2/c18-16(19)9-13-10-17-15-7-6-12(8-14(13)15)11-4-2-1-3-5-11/h6-8,10-11,17H,1-5,9H2,(H,18,19). The maximum absolute atomic E-state index is 10.9. The van der Waals surface area contributed by atoms with Gasteiger partial charge in [0.05, 0.1) is 6.42 Å². The average molecular weight is 257 g/mol. The number of hydrogen-bond donors (Lipinski definition) is 2. The normalized spacial score (nSPS) is 16.8. The Balaban J connectivity index is 1.95. The van der Waals surface area contributed by atoms with E-state index in [1.807, 2.05) is 6.20 Å².